The second-order valence-electron chi connectivity index (χ2n) is 8.91. The molecule has 1 aromatic heterocycles. The number of hydrogen-bond acceptors (Lipinski definition) is 4. The number of para-hydroxylation sites is 1. The highest BCUT2D eigenvalue weighted by molar-refractivity contribution is 6.08. The lowest BCUT2D eigenvalue weighted by molar-refractivity contribution is 0.0401. The Labute approximate surface area is 199 Å². The first-order valence-electron chi connectivity index (χ1n) is 11.8. The molecule has 33 heavy (non-hydrogen) atoms. The Balaban J connectivity index is 0.000000237. The summed E-state index contributed by atoms with van der Waals surface area (Å²) in [5.41, 5.74) is 2.31. The zero-order valence-corrected chi connectivity index (χ0v) is 21.1. The molecular formula is C28H40N2O3. The predicted octanol–water partition coefficient (Wildman–Crippen LogP) is 5.49. The first-order chi connectivity index (χ1) is 15.7. The molecule has 1 unspecified atom stereocenters. The molecule has 5 nitrogen and oxygen atoms in total. The van der Waals surface area contributed by atoms with Crippen molar-refractivity contribution in [2.24, 2.45) is 7.05 Å². The number of aromatic nitrogens is 1. The molecule has 0 spiro atoms. The predicted molar refractivity (Wildman–Crippen MR) is 137 cm³/mol. The quantitative estimate of drug-likeness (QED) is 0.413. The van der Waals surface area contributed by atoms with E-state index < -0.39 is 5.60 Å². The summed E-state index contributed by atoms with van der Waals surface area (Å²) in [7, 11) is 3.55. The smallest absolute Gasteiger partial charge is 0.161 e. The number of methoxy groups -OCH3 is 1. The van der Waals surface area contributed by atoms with Gasteiger partial charge < -0.3 is 19.3 Å². The SMILES string of the molecule is CCCN(CC)CCC(C)(O)Cc1ccccc1.COc1cccc2c(C(C)=O)cn(C)c12. The summed E-state index contributed by atoms with van der Waals surface area (Å²) >= 11 is 0. The van der Waals surface area contributed by atoms with E-state index in [1.54, 1.807) is 14.0 Å². The largest absolute Gasteiger partial charge is 0.495 e. The van der Waals surface area contributed by atoms with E-state index >= 15 is 0 Å². The molecule has 0 saturated heterocycles. The average Bonchev–Trinajstić information content (AvgIpc) is 3.14. The molecule has 0 aliphatic carbocycles. The van der Waals surface area contributed by atoms with Gasteiger partial charge in [0.25, 0.3) is 0 Å². The fourth-order valence-corrected chi connectivity index (χ4v) is 4.14. The molecule has 2 aromatic carbocycles. The number of carbonyl (C=O) groups is 1. The van der Waals surface area contributed by atoms with Gasteiger partial charge in [-0.15, -0.1) is 0 Å². The highest BCUT2D eigenvalue weighted by Crippen LogP contribution is 2.29. The maximum atomic E-state index is 11.4. The minimum absolute atomic E-state index is 0.0776. The Morgan fingerprint density at radius 2 is 1.79 bits per heavy atom. The van der Waals surface area contributed by atoms with Gasteiger partial charge in [0.2, 0.25) is 0 Å². The maximum absolute atomic E-state index is 11.4. The van der Waals surface area contributed by atoms with Crippen LogP contribution in [0.1, 0.15) is 56.5 Å². The summed E-state index contributed by atoms with van der Waals surface area (Å²) in [4.78, 5) is 13.8. The van der Waals surface area contributed by atoms with Crippen LogP contribution in [0.5, 0.6) is 5.75 Å². The molecule has 5 heteroatoms. The van der Waals surface area contributed by atoms with Gasteiger partial charge >= 0.3 is 0 Å². The van der Waals surface area contributed by atoms with Crippen molar-refractivity contribution >= 4 is 16.7 Å². The van der Waals surface area contributed by atoms with Crippen LogP contribution in [0.25, 0.3) is 10.9 Å². The van der Waals surface area contributed by atoms with Crippen LogP contribution in [0, 0.1) is 0 Å². The molecule has 0 radical (unpaired) electrons. The summed E-state index contributed by atoms with van der Waals surface area (Å²) in [6.07, 6.45) is 4.58. The number of rotatable bonds is 10. The fourth-order valence-electron chi connectivity index (χ4n) is 4.14. The van der Waals surface area contributed by atoms with Crippen LogP contribution in [0.3, 0.4) is 0 Å². The first kappa shape index (κ1) is 26.6. The van der Waals surface area contributed by atoms with Gasteiger partial charge in [0.1, 0.15) is 5.75 Å². The molecule has 0 fully saturated rings. The standard InChI is InChI=1S/C16H27NO.C12H13NO2/c1-4-12-17(5-2)13-11-16(3,18)14-15-9-7-6-8-10-15;1-8(14)10-7-13(2)12-9(10)5-4-6-11(12)15-3/h6-10,18H,4-5,11-14H2,1-3H3;4-7H,1-3H3. The molecule has 0 bridgehead atoms. The van der Waals surface area contributed by atoms with Crippen LogP contribution >= 0.6 is 0 Å². The monoisotopic (exact) mass is 452 g/mol. The highest BCUT2D eigenvalue weighted by Gasteiger charge is 2.21. The van der Waals surface area contributed by atoms with Gasteiger partial charge in [-0.05, 0) is 51.4 Å². The van der Waals surface area contributed by atoms with Crippen molar-refractivity contribution < 1.29 is 14.6 Å². The zero-order valence-electron chi connectivity index (χ0n) is 21.1. The minimum atomic E-state index is -0.609. The van der Waals surface area contributed by atoms with Crippen LogP contribution in [-0.4, -0.2) is 52.7 Å². The molecule has 3 rings (SSSR count). The van der Waals surface area contributed by atoms with Crippen molar-refractivity contribution in [1.82, 2.24) is 9.47 Å². The van der Waals surface area contributed by atoms with Crippen LogP contribution in [0.2, 0.25) is 0 Å². The third-order valence-electron chi connectivity index (χ3n) is 5.95. The molecule has 3 aromatic rings. The number of aliphatic hydroxyl groups is 1. The number of nitrogens with zero attached hydrogens (tertiary/aromatic N) is 2. The summed E-state index contributed by atoms with van der Waals surface area (Å²) < 4.78 is 7.19. The highest BCUT2D eigenvalue weighted by atomic mass is 16.5. The molecule has 1 atom stereocenters. The molecule has 1 N–H and O–H groups in total. The minimum Gasteiger partial charge on any atom is -0.495 e. The molecule has 0 aliphatic rings. The Bertz CT molecular complexity index is 1010. The summed E-state index contributed by atoms with van der Waals surface area (Å²) in [5, 5.41) is 11.4. The number of fused-ring (bicyclic) bond motifs is 1. The van der Waals surface area contributed by atoms with E-state index in [1.165, 1.54) is 12.0 Å². The number of ketones is 1. The molecule has 1 heterocycles. The normalized spacial score (nSPS) is 12.8. The second-order valence-corrected chi connectivity index (χ2v) is 8.91. The number of aryl methyl sites for hydroxylation is 1. The van der Waals surface area contributed by atoms with E-state index in [9.17, 15) is 9.90 Å². The molecule has 180 valence electrons. The molecule has 0 aliphatic heterocycles. The summed E-state index contributed by atoms with van der Waals surface area (Å²) in [5.74, 6) is 0.872. The van der Waals surface area contributed by atoms with Gasteiger partial charge in [0.05, 0.1) is 18.2 Å². The van der Waals surface area contributed by atoms with Gasteiger partial charge in [-0.3, -0.25) is 4.79 Å². The average molecular weight is 453 g/mol. The number of Topliss-reactive ketones (excluding diaryl/α,β-unsaturated/α-hetero) is 1. The van der Waals surface area contributed by atoms with Gasteiger partial charge in [0, 0.05) is 37.2 Å². The van der Waals surface area contributed by atoms with E-state index in [0.29, 0.717) is 0 Å². The molecular weight excluding hydrogens is 412 g/mol. The lowest BCUT2D eigenvalue weighted by Gasteiger charge is -2.27. The summed E-state index contributed by atoms with van der Waals surface area (Å²) in [6.45, 7) is 11.1. The van der Waals surface area contributed by atoms with E-state index in [1.807, 2.05) is 61.1 Å². The molecule has 0 amide bonds. The Hall–Kier alpha value is -2.63. The topological polar surface area (TPSA) is 54.7 Å². The Morgan fingerprint density at radius 3 is 2.36 bits per heavy atom. The van der Waals surface area contributed by atoms with Crippen molar-refractivity contribution in [2.45, 2.75) is 52.6 Å². The Kier molecular flexibility index (Phi) is 10.1. The Morgan fingerprint density at radius 1 is 1.09 bits per heavy atom. The van der Waals surface area contributed by atoms with Crippen LogP contribution < -0.4 is 4.74 Å². The van der Waals surface area contributed by atoms with Crippen LogP contribution in [-0.2, 0) is 13.5 Å². The van der Waals surface area contributed by atoms with Crippen molar-refractivity contribution in [1.29, 1.82) is 0 Å². The van der Waals surface area contributed by atoms with Gasteiger partial charge in [-0.25, -0.2) is 0 Å². The van der Waals surface area contributed by atoms with Crippen molar-refractivity contribution in [2.75, 3.05) is 26.7 Å². The number of carbonyl (C=O) groups excluding carboxylic acids is 1. The maximum Gasteiger partial charge on any atom is 0.161 e. The first-order valence-corrected chi connectivity index (χ1v) is 11.8. The zero-order chi connectivity index (χ0) is 24.4. The van der Waals surface area contributed by atoms with Crippen molar-refractivity contribution in [3.05, 3.63) is 65.9 Å². The van der Waals surface area contributed by atoms with Crippen molar-refractivity contribution in [3.8, 4) is 5.75 Å². The van der Waals surface area contributed by atoms with Crippen LogP contribution in [0.4, 0.5) is 0 Å². The fraction of sp³-hybridized carbons (Fsp3) is 0.464. The van der Waals surface area contributed by atoms with Gasteiger partial charge in [-0.1, -0.05) is 56.3 Å². The van der Waals surface area contributed by atoms with E-state index in [0.717, 1.165) is 54.7 Å². The van der Waals surface area contributed by atoms with E-state index in [2.05, 4.69) is 30.9 Å². The van der Waals surface area contributed by atoms with Gasteiger partial charge in [-0.2, -0.15) is 0 Å². The number of benzene rings is 2. The lowest BCUT2D eigenvalue weighted by atomic mass is 9.93. The van der Waals surface area contributed by atoms with Gasteiger partial charge in [0.15, 0.2) is 5.78 Å². The third kappa shape index (κ3) is 7.72. The summed E-state index contributed by atoms with van der Waals surface area (Å²) in [6, 6.07) is 16.0. The second kappa shape index (κ2) is 12.6. The van der Waals surface area contributed by atoms with Crippen molar-refractivity contribution in [3.63, 3.8) is 0 Å². The third-order valence-corrected chi connectivity index (χ3v) is 5.95. The van der Waals surface area contributed by atoms with E-state index in [4.69, 9.17) is 4.74 Å². The van der Waals surface area contributed by atoms with E-state index in [-0.39, 0.29) is 5.78 Å². The molecule has 0 saturated carbocycles. The number of ether oxygens (including phenoxy) is 1. The lowest BCUT2D eigenvalue weighted by Crippen LogP contribution is -2.35. The van der Waals surface area contributed by atoms with Crippen LogP contribution in [0.15, 0.2) is 54.7 Å². The number of hydrogen-bond donors (Lipinski definition) is 1.